The summed E-state index contributed by atoms with van der Waals surface area (Å²) < 4.78 is 0. The molecule has 5 nitrogen and oxygen atoms in total. The number of likely N-dealkylation sites (N-methyl/N-ethyl adjacent to an activating group) is 1. The van der Waals surface area contributed by atoms with E-state index in [0.717, 1.165) is 10.6 Å². The molecule has 114 valence electrons. The molecule has 0 spiro atoms. The van der Waals surface area contributed by atoms with Crippen LogP contribution in [0.25, 0.3) is 0 Å². The highest BCUT2D eigenvalue weighted by molar-refractivity contribution is 7.14. The molecule has 0 saturated carbocycles. The van der Waals surface area contributed by atoms with E-state index in [1.165, 1.54) is 0 Å². The van der Waals surface area contributed by atoms with Gasteiger partial charge in [-0.15, -0.1) is 11.3 Å². The van der Waals surface area contributed by atoms with Gasteiger partial charge in [-0.3, -0.25) is 9.59 Å². The van der Waals surface area contributed by atoms with Crippen molar-refractivity contribution in [1.82, 2.24) is 9.80 Å². The number of thiophene rings is 1. The van der Waals surface area contributed by atoms with E-state index in [1.54, 1.807) is 27.2 Å². The molecule has 21 heavy (non-hydrogen) atoms. The lowest BCUT2D eigenvalue weighted by molar-refractivity contribution is -0.133. The highest BCUT2D eigenvalue weighted by Gasteiger charge is 2.27. The lowest BCUT2D eigenvalue weighted by Gasteiger charge is -2.33. The summed E-state index contributed by atoms with van der Waals surface area (Å²) >= 11 is 1.57. The van der Waals surface area contributed by atoms with E-state index in [2.05, 4.69) is 0 Å². The SMILES string of the molecule is Cc1csc(N2CCN(C(=O)/C=C/CN(C)C)CC2=O)c1. The zero-order valence-corrected chi connectivity index (χ0v) is 13.5. The first-order chi connectivity index (χ1) is 9.97. The number of amides is 2. The fourth-order valence-electron chi connectivity index (χ4n) is 2.12. The molecular formula is C15H21N3O2S. The van der Waals surface area contributed by atoms with Crippen molar-refractivity contribution in [2.45, 2.75) is 6.92 Å². The Labute approximate surface area is 129 Å². The van der Waals surface area contributed by atoms with Crippen LogP contribution in [-0.4, -0.2) is 61.9 Å². The molecule has 1 aromatic heterocycles. The standard InChI is InChI=1S/C15H21N3O2S/c1-12-9-15(21-11-12)18-8-7-17(10-14(18)20)13(19)5-4-6-16(2)3/h4-5,9,11H,6-8,10H2,1-3H3/b5-4+. The molecule has 1 fully saturated rings. The predicted molar refractivity (Wildman–Crippen MR) is 85.7 cm³/mol. The number of carbonyl (C=O) groups excluding carboxylic acids is 2. The Bertz CT molecular complexity index is 551. The molecule has 0 N–H and O–H groups in total. The molecule has 0 atom stereocenters. The fraction of sp³-hybridized carbons (Fsp3) is 0.467. The normalized spacial score (nSPS) is 16.3. The predicted octanol–water partition coefficient (Wildman–Crippen LogP) is 1.35. The maximum absolute atomic E-state index is 12.2. The van der Waals surface area contributed by atoms with Gasteiger partial charge in [0.1, 0.15) is 6.54 Å². The van der Waals surface area contributed by atoms with Crippen molar-refractivity contribution >= 4 is 28.2 Å². The summed E-state index contributed by atoms with van der Waals surface area (Å²) in [6, 6.07) is 2.01. The second kappa shape index (κ2) is 6.87. The van der Waals surface area contributed by atoms with E-state index in [1.807, 2.05) is 43.4 Å². The third kappa shape index (κ3) is 4.15. The Morgan fingerprint density at radius 1 is 1.43 bits per heavy atom. The molecular weight excluding hydrogens is 286 g/mol. The van der Waals surface area contributed by atoms with Crippen molar-refractivity contribution in [1.29, 1.82) is 0 Å². The minimum absolute atomic E-state index is 0.0162. The summed E-state index contributed by atoms with van der Waals surface area (Å²) in [5.74, 6) is -0.107. The van der Waals surface area contributed by atoms with Crippen LogP contribution in [0.15, 0.2) is 23.6 Å². The number of piperazine rings is 1. The third-order valence-corrected chi connectivity index (χ3v) is 4.32. The van der Waals surface area contributed by atoms with Crippen LogP contribution in [-0.2, 0) is 9.59 Å². The Balaban J connectivity index is 1.93. The number of anilines is 1. The van der Waals surface area contributed by atoms with Crippen LogP contribution >= 0.6 is 11.3 Å². The minimum atomic E-state index is -0.0905. The van der Waals surface area contributed by atoms with Crippen LogP contribution < -0.4 is 4.90 Å². The van der Waals surface area contributed by atoms with Gasteiger partial charge in [-0.1, -0.05) is 6.08 Å². The maximum atomic E-state index is 12.2. The summed E-state index contributed by atoms with van der Waals surface area (Å²) in [7, 11) is 3.89. The van der Waals surface area contributed by atoms with Gasteiger partial charge in [0.25, 0.3) is 0 Å². The second-order valence-electron chi connectivity index (χ2n) is 5.43. The number of nitrogens with zero attached hydrogens (tertiary/aromatic N) is 3. The average Bonchev–Trinajstić information content (AvgIpc) is 2.84. The first-order valence-electron chi connectivity index (χ1n) is 6.93. The summed E-state index contributed by atoms with van der Waals surface area (Å²) in [5, 5.41) is 3.00. The molecule has 1 aliphatic rings. The average molecular weight is 307 g/mol. The van der Waals surface area contributed by atoms with Crippen LogP contribution in [0, 0.1) is 6.92 Å². The van der Waals surface area contributed by atoms with Crippen LogP contribution in [0.5, 0.6) is 0 Å². The highest BCUT2D eigenvalue weighted by Crippen LogP contribution is 2.25. The zero-order valence-electron chi connectivity index (χ0n) is 12.7. The minimum Gasteiger partial charge on any atom is -0.328 e. The lowest BCUT2D eigenvalue weighted by atomic mass is 10.3. The van der Waals surface area contributed by atoms with Crippen molar-refractivity contribution in [3.05, 3.63) is 29.2 Å². The van der Waals surface area contributed by atoms with Gasteiger partial charge in [0.15, 0.2) is 0 Å². The van der Waals surface area contributed by atoms with Gasteiger partial charge in [0.2, 0.25) is 11.8 Å². The molecule has 6 heteroatoms. The molecule has 1 aliphatic heterocycles. The molecule has 1 aromatic rings. The van der Waals surface area contributed by atoms with Gasteiger partial charge in [0, 0.05) is 25.7 Å². The van der Waals surface area contributed by atoms with Gasteiger partial charge in [-0.05, 0) is 38.0 Å². The van der Waals surface area contributed by atoms with E-state index in [4.69, 9.17) is 0 Å². The molecule has 0 unspecified atom stereocenters. The van der Waals surface area contributed by atoms with E-state index in [9.17, 15) is 9.59 Å². The Morgan fingerprint density at radius 2 is 2.19 bits per heavy atom. The van der Waals surface area contributed by atoms with E-state index in [-0.39, 0.29) is 18.4 Å². The van der Waals surface area contributed by atoms with Crippen LogP contribution in [0.3, 0.4) is 0 Å². The lowest BCUT2D eigenvalue weighted by Crippen LogP contribution is -2.51. The summed E-state index contributed by atoms with van der Waals surface area (Å²) in [6.07, 6.45) is 3.38. The maximum Gasteiger partial charge on any atom is 0.247 e. The number of hydrogen-bond donors (Lipinski definition) is 0. The van der Waals surface area contributed by atoms with Gasteiger partial charge in [-0.2, -0.15) is 0 Å². The van der Waals surface area contributed by atoms with Crippen molar-refractivity contribution in [2.75, 3.05) is 45.2 Å². The van der Waals surface area contributed by atoms with E-state index < -0.39 is 0 Å². The van der Waals surface area contributed by atoms with Gasteiger partial charge in [-0.25, -0.2) is 0 Å². The summed E-state index contributed by atoms with van der Waals surface area (Å²) in [4.78, 5) is 29.6. The van der Waals surface area contributed by atoms with Gasteiger partial charge in [0.05, 0.1) is 5.00 Å². The van der Waals surface area contributed by atoms with E-state index >= 15 is 0 Å². The number of rotatable bonds is 4. The third-order valence-electron chi connectivity index (χ3n) is 3.25. The number of aryl methyl sites for hydroxylation is 1. The van der Waals surface area contributed by atoms with Gasteiger partial charge >= 0.3 is 0 Å². The first kappa shape index (κ1) is 15.7. The second-order valence-corrected chi connectivity index (χ2v) is 6.32. The zero-order chi connectivity index (χ0) is 15.4. The monoisotopic (exact) mass is 307 g/mol. The van der Waals surface area contributed by atoms with Crippen molar-refractivity contribution in [3.8, 4) is 0 Å². The quantitative estimate of drug-likeness (QED) is 0.789. The number of hydrogen-bond acceptors (Lipinski definition) is 4. The highest BCUT2D eigenvalue weighted by atomic mass is 32.1. The van der Waals surface area contributed by atoms with Crippen molar-refractivity contribution in [2.24, 2.45) is 0 Å². The molecule has 0 bridgehead atoms. The molecule has 0 aliphatic carbocycles. The molecule has 2 rings (SSSR count). The Kier molecular flexibility index (Phi) is 5.14. The van der Waals surface area contributed by atoms with Crippen LogP contribution in [0.4, 0.5) is 5.00 Å². The number of carbonyl (C=O) groups is 2. The van der Waals surface area contributed by atoms with Gasteiger partial charge < -0.3 is 14.7 Å². The van der Waals surface area contributed by atoms with Crippen molar-refractivity contribution in [3.63, 3.8) is 0 Å². The topological polar surface area (TPSA) is 43.9 Å². The van der Waals surface area contributed by atoms with Crippen molar-refractivity contribution < 1.29 is 9.59 Å². The largest absolute Gasteiger partial charge is 0.328 e. The van der Waals surface area contributed by atoms with Crippen LogP contribution in [0.1, 0.15) is 5.56 Å². The summed E-state index contributed by atoms with van der Waals surface area (Å²) in [6.45, 7) is 4.02. The fourth-order valence-corrected chi connectivity index (χ4v) is 3.07. The smallest absolute Gasteiger partial charge is 0.247 e. The molecule has 2 heterocycles. The molecule has 0 radical (unpaired) electrons. The molecule has 0 aromatic carbocycles. The summed E-state index contributed by atoms with van der Waals surface area (Å²) in [5.41, 5.74) is 1.16. The Hall–Kier alpha value is -1.66. The molecule has 1 saturated heterocycles. The van der Waals surface area contributed by atoms with Crippen LogP contribution in [0.2, 0.25) is 0 Å². The first-order valence-corrected chi connectivity index (χ1v) is 7.81. The van der Waals surface area contributed by atoms with E-state index in [0.29, 0.717) is 19.6 Å². The Morgan fingerprint density at radius 3 is 2.76 bits per heavy atom. The molecule has 2 amide bonds.